The normalized spacial score (nSPS) is 7.75. The molecule has 4 heteroatoms. The SMILES string of the molecule is C=C.C=CCOCOC(=O)CO. The molecular formula is C8H14O4. The van der Waals surface area contributed by atoms with E-state index in [1.54, 1.807) is 0 Å². The summed E-state index contributed by atoms with van der Waals surface area (Å²) in [5, 5.41) is 8.14. The molecule has 0 amide bonds. The largest absolute Gasteiger partial charge is 0.437 e. The van der Waals surface area contributed by atoms with E-state index in [1.807, 2.05) is 0 Å². The van der Waals surface area contributed by atoms with Crippen molar-refractivity contribution >= 4 is 5.97 Å². The van der Waals surface area contributed by atoms with E-state index >= 15 is 0 Å². The number of rotatable bonds is 5. The number of esters is 1. The maximum absolute atomic E-state index is 10.2. The van der Waals surface area contributed by atoms with Gasteiger partial charge >= 0.3 is 5.97 Å². The monoisotopic (exact) mass is 174 g/mol. The van der Waals surface area contributed by atoms with Crippen LogP contribution >= 0.6 is 0 Å². The second-order valence-electron chi connectivity index (χ2n) is 1.45. The zero-order chi connectivity index (χ0) is 9.82. The van der Waals surface area contributed by atoms with Gasteiger partial charge in [-0.2, -0.15) is 0 Å². The summed E-state index contributed by atoms with van der Waals surface area (Å²) in [7, 11) is 0. The topological polar surface area (TPSA) is 55.8 Å². The lowest BCUT2D eigenvalue weighted by molar-refractivity contribution is -0.158. The molecule has 0 heterocycles. The lowest BCUT2D eigenvalue weighted by Gasteiger charge is -2.00. The van der Waals surface area contributed by atoms with Crippen molar-refractivity contribution in [2.75, 3.05) is 20.0 Å². The van der Waals surface area contributed by atoms with E-state index in [0.29, 0.717) is 6.61 Å². The Bertz CT molecular complexity index is 122. The second kappa shape index (κ2) is 12.5. The number of ether oxygens (including phenoxy) is 2. The van der Waals surface area contributed by atoms with Gasteiger partial charge in [-0.3, -0.25) is 0 Å². The molecule has 0 bridgehead atoms. The van der Waals surface area contributed by atoms with E-state index in [9.17, 15) is 4.79 Å². The molecule has 0 aromatic heterocycles. The van der Waals surface area contributed by atoms with Crippen LogP contribution in [0.5, 0.6) is 0 Å². The van der Waals surface area contributed by atoms with E-state index in [-0.39, 0.29) is 6.79 Å². The molecule has 0 aliphatic rings. The summed E-state index contributed by atoms with van der Waals surface area (Å²) in [6, 6.07) is 0. The van der Waals surface area contributed by atoms with Crippen molar-refractivity contribution < 1.29 is 19.4 Å². The van der Waals surface area contributed by atoms with Gasteiger partial charge in [0.15, 0.2) is 6.79 Å². The molecule has 70 valence electrons. The molecule has 4 nitrogen and oxygen atoms in total. The predicted molar refractivity (Wildman–Crippen MR) is 45.4 cm³/mol. The summed E-state index contributed by atoms with van der Waals surface area (Å²) in [5.74, 6) is -0.691. The number of carbonyl (C=O) groups is 1. The van der Waals surface area contributed by atoms with Crippen LogP contribution in [0.25, 0.3) is 0 Å². The van der Waals surface area contributed by atoms with Crippen LogP contribution in [0.2, 0.25) is 0 Å². The van der Waals surface area contributed by atoms with Gasteiger partial charge in [0.1, 0.15) is 6.61 Å². The van der Waals surface area contributed by atoms with Gasteiger partial charge in [0.25, 0.3) is 0 Å². The van der Waals surface area contributed by atoms with Gasteiger partial charge in [0.2, 0.25) is 0 Å². The Morgan fingerprint density at radius 3 is 2.50 bits per heavy atom. The molecule has 0 spiro atoms. The van der Waals surface area contributed by atoms with Gasteiger partial charge in [0, 0.05) is 0 Å². The van der Waals surface area contributed by atoms with Gasteiger partial charge < -0.3 is 14.6 Å². The maximum Gasteiger partial charge on any atom is 0.333 e. The van der Waals surface area contributed by atoms with Crippen molar-refractivity contribution in [3.05, 3.63) is 25.8 Å². The van der Waals surface area contributed by atoms with Gasteiger partial charge in [0.05, 0.1) is 6.61 Å². The van der Waals surface area contributed by atoms with Crippen LogP contribution in [0.3, 0.4) is 0 Å². The number of hydrogen-bond acceptors (Lipinski definition) is 4. The molecule has 12 heavy (non-hydrogen) atoms. The van der Waals surface area contributed by atoms with Gasteiger partial charge in [-0.05, 0) is 0 Å². The first-order chi connectivity index (χ1) is 5.81. The van der Waals surface area contributed by atoms with E-state index < -0.39 is 12.6 Å². The van der Waals surface area contributed by atoms with Crippen LogP contribution in [0.1, 0.15) is 0 Å². The van der Waals surface area contributed by atoms with Crippen LogP contribution < -0.4 is 0 Å². The summed E-state index contributed by atoms with van der Waals surface area (Å²) >= 11 is 0. The summed E-state index contributed by atoms with van der Waals surface area (Å²) in [6.07, 6.45) is 1.53. The second-order valence-corrected chi connectivity index (χ2v) is 1.45. The van der Waals surface area contributed by atoms with E-state index in [4.69, 9.17) is 5.11 Å². The molecule has 0 aromatic carbocycles. The highest BCUT2D eigenvalue weighted by molar-refractivity contribution is 5.70. The Kier molecular flexibility index (Phi) is 14.1. The molecule has 0 radical (unpaired) electrons. The van der Waals surface area contributed by atoms with Crippen LogP contribution in [-0.4, -0.2) is 31.1 Å². The maximum atomic E-state index is 10.2. The minimum Gasteiger partial charge on any atom is -0.437 e. The molecule has 0 saturated heterocycles. The molecule has 0 atom stereocenters. The van der Waals surface area contributed by atoms with Crippen molar-refractivity contribution in [3.8, 4) is 0 Å². The molecule has 0 rings (SSSR count). The highest BCUT2D eigenvalue weighted by Gasteiger charge is 1.96. The molecule has 0 aliphatic heterocycles. The predicted octanol–water partition coefficient (Wildman–Crippen LogP) is 0.484. The van der Waals surface area contributed by atoms with Crippen molar-refractivity contribution in [2.24, 2.45) is 0 Å². The molecular weight excluding hydrogens is 160 g/mol. The smallest absolute Gasteiger partial charge is 0.333 e. The average molecular weight is 174 g/mol. The van der Waals surface area contributed by atoms with Crippen LogP contribution in [-0.2, 0) is 14.3 Å². The van der Waals surface area contributed by atoms with Crippen LogP contribution in [0.15, 0.2) is 25.8 Å². The van der Waals surface area contributed by atoms with Crippen molar-refractivity contribution in [1.82, 2.24) is 0 Å². The Morgan fingerprint density at radius 1 is 1.50 bits per heavy atom. The van der Waals surface area contributed by atoms with Gasteiger partial charge in [-0.1, -0.05) is 6.08 Å². The van der Waals surface area contributed by atoms with Gasteiger partial charge in [-0.25, -0.2) is 4.79 Å². The van der Waals surface area contributed by atoms with Crippen molar-refractivity contribution in [2.45, 2.75) is 0 Å². The summed E-state index contributed by atoms with van der Waals surface area (Å²) in [5.41, 5.74) is 0. The standard InChI is InChI=1S/C6H10O4.C2H4/c1-2-3-9-5-10-6(8)4-7;1-2/h2,7H,1,3-5H2;1-2H2. The fourth-order valence-electron chi connectivity index (χ4n) is 0.284. The van der Waals surface area contributed by atoms with Crippen molar-refractivity contribution in [1.29, 1.82) is 0 Å². The fraction of sp³-hybridized carbons (Fsp3) is 0.375. The number of aliphatic hydroxyl groups excluding tert-OH is 1. The molecule has 0 fully saturated rings. The Labute approximate surface area is 72.1 Å². The first kappa shape index (κ1) is 13.5. The highest BCUT2D eigenvalue weighted by atomic mass is 16.7. The van der Waals surface area contributed by atoms with Crippen LogP contribution in [0.4, 0.5) is 0 Å². The molecule has 0 aromatic rings. The van der Waals surface area contributed by atoms with E-state index in [2.05, 4.69) is 29.2 Å². The van der Waals surface area contributed by atoms with Crippen LogP contribution in [0, 0.1) is 0 Å². The molecule has 0 unspecified atom stereocenters. The first-order valence-corrected chi connectivity index (χ1v) is 3.26. The molecule has 1 N–H and O–H groups in total. The summed E-state index contributed by atoms with van der Waals surface area (Å²) in [4.78, 5) is 10.2. The Balaban J connectivity index is 0. The lowest BCUT2D eigenvalue weighted by Crippen LogP contribution is -2.11. The van der Waals surface area contributed by atoms with Gasteiger partial charge in [-0.15, -0.1) is 19.7 Å². The Morgan fingerprint density at radius 2 is 2.08 bits per heavy atom. The van der Waals surface area contributed by atoms with E-state index in [1.165, 1.54) is 6.08 Å². The molecule has 0 saturated carbocycles. The third kappa shape index (κ3) is 11.6. The number of aliphatic hydroxyl groups is 1. The lowest BCUT2D eigenvalue weighted by atomic mass is 10.7. The third-order valence-corrected chi connectivity index (χ3v) is 0.668. The highest BCUT2D eigenvalue weighted by Crippen LogP contribution is 1.79. The number of hydrogen-bond donors (Lipinski definition) is 1. The zero-order valence-electron chi connectivity index (χ0n) is 6.99. The minimum atomic E-state index is -0.691. The van der Waals surface area contributed by atoms with E-state index in [0.717, 1.165) is 0 Å². The molecule has 0 aliphatic carbocycles. The first-order valence-electron chi connectivity index (χ1n) is 3.26. The van der Waals surface area contributed by atoms with Crippen molar-refractivity contribution in [3.63, 3.8) is 0 Å². The summed E-state index contributed by atoms with van der Waals surface area (Å²) in [6.45, 7) is 8.97. The average Bonchev–Trinajstić information content (AvgIpc) is 2.15. The Hall–Kier alpha value is -1.13. The zero-order valence-corrected chi connectivity index (χ0v) is 6.99. The number of carbonyl (C=O) groups excluding carboxylic acids is 1. The summed E-state index contributed by atoms with van der Waals surface area (Å²) < 4.78 is 9.02. The minimum absolute atomic E-state index is 0.134. The quantitative estimate of drug-likeness (QED) is 0.285. The third-order valence-electron chi connectivity index (χ3n) is 0.668. The fourth-order valence-corrected chi connectivity index (χ4v) is 0.284.